The second kappa shape index (κ2) is 9.97. The predicted octanol–water partition coefficient (Wildman–Crippen LogP) is 12.3. The van der Waals surface area contributed by atoms with E-state index in [-0.39, 0.29) is 5.41 Å². The lowest BCUT2D eigenvalue weighted by atomic mass is 9.81. The minimum atomic E-state index is -0.172. The zero-order valence-corrected chi connectivity index (χ0v) is 26.8. The first-order valence-corrected chi connectivity index (χ1v) is 16.6. The fourth-order valence-corrected chi connectivity index (χ4v) is 8.04. The minimum Gasteiger partial charge on any atom is -0.453 e. The van der Waals surface area contributed by atoms with E-state index >= 15 is 0 Å². The van der Waals surface area contributed by atoms with Gasteiger partial charge in [-0.2, -0.15) is 0 Å². The van der Waals surface area contributed by atoms with Gasteiger partial charge in [0.25, 0.3) is 0 Å². The maximum Gasteiger partial charge on any atom is 0.152 e. The molecular formula is C45H32N2O. The van der Waals surface area contributed by atoms with E-state index in [1.807, 2.05) is 0 Å². The Hall–Kier alpha value is -6.06. The number of rotatable bonds is 4. The summed E-state index contributed by atoms with van der Waals surface area (Å²) in [7, 11) is 0. The van der Waals surface area contributed by atoms with Crippen LogP contribution in [0, 0.1) is 0 Å². The van der Waals surface area contributed by atoms with Crippen LogP contribution >= 0.6 is 0 Å². The molecule has 2 heterocycles. The molecule has 1 aliphatic carbocycles. The number of ether oxygens (including phenoxy) is 1. The Labute approximate surface area is 279 Å². The average molecular weight is 617 g/mol. The van der Waals surface area contributed by atoms with Crippen LogP contribution in [0.15, 0.2) is 158 Å². The molecule has 3 heteroatoms. The van der Waals surface area contributed by atoms with Crippen LogP contribution in [0.25, 0.3) is 49.7 Å². The summed E-state index contributed by atoms with van der Waals surface area (Å²) in [6, 6.07) is 56.9. The van der Waals surface area contributed by atoms with Gasteiger partial charge in [0.15, 0.2) is 11.5 Å². The molecule has 0 radical (unpaired) electrons. The third kappa shape index (κ3) is 3.82. The Balaban J connectivity index is 1.08. The zero-order valence-electron chi connectivity index (χ0n) is 26.8. The van der Waals surface area contributed by atoms with E-state index in [2.05, 4.69) is 181 Å². The van der Waals surface area contributed by atoms with Crippen molar-refractivity contribution in [3.05, 3.63) is 169 Å². The summed E-state index contributed by atoms with van der Waals surface area (Å²) in [5.74, 6) is 1.78. The van der Waals surface area contributed by atoms with Crippen molar-refractivity contribution in [3.8, 4) is 39.4 Å². The van der Waals surface area contributed by atoms with Crippen molar-refractivity contribution in [2.24, 2.45) is 0 Å². The summed E-state index contributed by atoms with van der Waals surface area (Å²) in [5, 5.41) is 2.46. The fourth-order valence-electron chi connectivity index (χ4n) is 8.04. The van der Waals surface area contributed by atoms with Gasteiger partial charge in [0, 0.05) is 33.2 Å². The molecule has 0 unspecified atom stereocenters. The molecule has 0 bridgehead atoms. The number of aromatic nitrogens is 1. The number of hydrogen-bond donors (Lipinski definition) is 0. The molecule has 7 aromatic carbocycles. The molecule has 228 valence electrons. The van der Waals surface area contributed by atoms with Crippen molar-refractivity contribution in [2.75, 3.05) is 4.90 Å². The topological polar surface area (TPSA) is 17.4 Å². The van der Waals surface area contributed by atoms with Crippen LogP contribution < -0.4 is 9.64 Å². The number of anilines is 3. The van der Waals surface area contributed by atoms with Crippen LogP contribution in [0.3, 0.4) is 0 Å². The Morgan fingerprint density at radius 2 is 1.12 bits per heavy atom. The molecule has 0 N–H and O–H groups in total. The number of para-hydroxylation sites is 4. The minimum absolute atomic E-state index is 0.172. The SMILES string of the molecule is CC1(C)c2cc(-c3ccc4c(c3)-n3c5ccccc5c5cccc(c53)O4)ccc2-c2ccc(N(c3ccccc3)c3ccccc3)cc21. The molecule has 0 spiro atoms. The monoisotopic (exact) mass is 616 g/mol. The zero-order chi connectivity index (χ0) is 32.0. The highest BCUT2D eigenvalue weighted by Gasteiger charge is 2.36. The van der Waals surface area contributed by atoms with E-state index in [4.69, 9.17) is 4.74 Å². The summed E-state index contributed by atoms with van der Waals surface area (Å²) < 4.78 is 8.87. The predicted molar refractivity (Wildman–Crippen MR) is 199 cm³/mol. The van der Waals surface area contributed by atoms with Gasteiger partial charge in [-0.25, -0.2) is 0 Å². The maximum atomic E-state index is 6.49. The van der Waals surface area contributed by atoms with E-state index in [0.29, 0.717) is 0 Å². The van der Waals surface area contributed by atoms with E-state index in [0.717, 1.165) is 39.8 Å². The summed E-state index contributed by atoms with van der Waals surface area (Å²) in [6.45, 7) is 4.72. The van der Waals surface area contributed by atoms with Crippen LogP contribution in [-0.2, 0) is 5.41 Å². The van der Waals surface area contributed by atoms with E-state index in [1.165, 1.54) is 49.7 Å². The smallest absolute Gasteiger partial charge is 0.152 e. The van der Waals surface area contributed by atoms with Crippen LogP contribution in [0.1, 0.15) is 25.0 Å². The van der Waals surface area contributed by atoms with Crippen molar-refractivity contribution >= 4 is 38.9 Å². The first-order chi connectivity index (χ1) is 23.6. The summed E-state index contributed by atoms with van der Waals surface area (Å²) in [6.07, 6.45) is 0. The first-order valence-electron chi connectivity index (χ1n) is 16.6. The van der Waals surface area contributed by atoms with Crippen molar-refractivity contribution < 1.29 is 4.74 Å². The Bertz CT molecular complexity index is 2520. The summed E-state index contributed by atoms with van der Waals surface area (Å²) in [4.78, 5) is 2.35. The van der Waals surface area contributed by atoms with Gasteiger partial charge in [-0.05, 0) is 100 Å². The number of benzene rings is 7. The van der Waals surface area contributed by atoms with Gasteiger partial charge in [-0.3, -0.25) is 0 Å². The molecule has 2 aliphatic rings. The lowest BCUT2D eigenvalue weighted by molar-refractivity contribution is 0.476. The summed E-state index contributed by atoms with van der Waals surface area (Å²) in [5.41, 5.74) is 14.4. The van der Waals surface area contributed by atoms with E-state index in [9.17, 15) is 0 Å². The van der Waals surface area contributed by atoms with Crippen molar-refractivity contribution in [2.45, 2.75) is 19.3 Å². The Morgan fingerprint density at radius 3 is 1.90 bits per heavy atom. The highest BCUT2D eigenvalue weighted by Crippen LogP contribution is 2.52. The van der Waals surface area contributed by atoms with Gasteiger partial charge in [-0.1, -0.05) is 105 Å². The molecular weight excluding hydrogens is 585 g/mol. The second-order valence-electron chi connectivity index (χ2n) is 13.4. The molecule has 0 atom stereocenters. The molecule has 0 saturated heterocycles. The first kappa shape index (κ1) is 27.1. The highest BCUT2D eigenvalue weighted by atomic mass is 16.5. The van der Waals surface area contributed by atoms with Gasteiger partial charge in [0.2, 0.25) is 0 Å². The Kier molecular flexibility index (Phi) is 5.63. The van der Waals surface area contributed by atoms with Crippen LogP contribution in [0.5, 0.6) is 11.5 Å². The number of fused-ring (bicyclic) bond motifs is 8. The third-order valence-corrected chi connectivity index (χ3v) is 10.4. The standard InChI is InChI=1S/C45H32N2O/c1-45(2)38-26-29(30-21-25-42-41(27-30)47-40-18-10-9-16-36(40)37-17-11-19-43(48-42)44(37)47)20-23-34(38)35-24-22-33(28-39(35)45)46(31-12-5-3-6-13-31)32-14-7-4-8-15-32/h3-28H,1-2H3. The maximum absolute atomic E-state index is 6.49. The lowest BCUT2D eigenvalue weighted by Crippen LogP contribution is -2.16. The van der Waals surface area contributed by atoms with Crippen molar-refractivity contribution in [3.63, 3.8) is 0 Å². The molecule has 3 nitrogen and oxygen atoms in total. The van der Waals surface area contributed by atoms with E-state index < -0.39 is 0 Å². The van der Waals surface area contributed by atoms with Crippen molar-refractivity contribution in [1.82, 2.24) is 4.57 Å². The number of nitrogens with zero attached hydrogens (tertiary/aromatic N) is 2. The normalized spacial score (nSPS) is 13.5. The molecule has 1 aromatic heterocycles. The molecule has 0 saturated carbocycles. The molecule has 8 aromatic rings. The fraction of sp³-hybridized carbons (Fsp3) is 0.0667. The van der Waals surface area contributed by atoms with E-state index in [1.54, 1.807) is 0 Å². The Morgan fingerprint density at radius 1 is 0.500 bits per heavy atom. The van der Waals surface area contributed by atoms with Crippen LogP contribution in [0.2, 0.25) is 0 Å². The molecule has 10 rings (SSSR count). The second-order valence-corrected chi connectivity index (χ2v) is 13.4. The largest absolute Gasteiger partial charge is 0.453 e. The average Bonchev–Trinajstić information content (AvgIpc) is 3.59. The van der Waals surface area contributed by atoms with Gasteiger partial charge in [-0.15, -0.1) is 0 Å². The third-order valence-electron chi connectivity index (χ3n) is 10.4. The van der Waals surface area contributed by atoms with Crippen LogP contribution in [0.4, 0.5) is 17.1 Å². The molecule has 48 heavy (non-hydrogen) atoms. The van der Waals surface area contributed by atoms with Gasteiger partial charge >= 0.3 is 0 Å². The van der Waals surface area contributed by atoms with Crippen molar-refractivity contribution in [1.29, 1.82) is 0 Å². The van der Waals surface area contributed by atoms with Gasteiger partial charge in [0.05, 0.1) is 16.7 Å². The molecule has 0 fully saturated rings. The highest BCUT2D eigenvalue weighted by molar-refractivity contribution is 6.12. The molecule has 0 amide bonds. The van der Waals surface area contributed by atoms with Gasteiger partial charge < -0.3 is 14.2 Å². The quantitative estimate of drug-likeness (QED) is 0.196. The van der Waals surface area contributed by atoms with Gasteiger partial charge in [0.1, 0.15) is 0 Å². The number of hydrogen-bond acceptors (Lipinski definition) is 2. The summed E-state index contributed by atoms with van der Waals surface area (Å²) >= 11 is 0. The lowest BCUT2D eigenvalue weighted by Gasteiger charge is -2.28. The van der Waals surface area contributed by atoms with Crippen LogP contribution in [-0.4, -0.2) is 4.57 Å². The molecule has 1 aliphatic heterocycles.